The maximum atomic E-state index is 12.9. The van der Waals surface area contributed by atoms with E-state index >= 15 is 0 Å². The van der Waals surface area contributed by atoms with E-state index in [1.54, 1.807) is 48.5 Å². The number of carbonyl (C=O) groups excluding carboxylic acids is 2. The van der Waals surface area contributed by atoms with Gasteiger partial charge in [0, 0.05) is 11.1 Å². The Kier molecular flexibility index (Phi) is 4.82. The van der Waals surface area contributed by atoms with Crippen LogP contribution in [0.1, 0.15) is 26.3 Å². The number of hydrogen-bond acceptors (Lipinski definition) is 2. The summed E-state index contributed by atoms with van der Waals surface area (Å²) in [5.74, 6) is -0.596. The van der Waals surface area contributed by atoms with Gasteiger partial charge in [-0.05, 0) is 29.8 Å². The SMILES string of the molecule is O=C(c1ccccc1)N(Cc1ccccc1)C(=O)c1ccccc1. The number of amides is 2. The van der Waals surface area contributed by atoms with Gasteiger partial charge in [-0.3, -0.25) is 14.5 Å². The molecule has 0 saturated heterocycles. The van der Waals surface area contributed by atoms with Crippen molar-refractivity contribution in [1.29, 1.82) is 0 Å². The number of hydrogen-bond donors (Lipinski definition) is 0. The number of benzene rings is 3. The standard InChI is InChI=1S/C21H17NO2/c23-20(18-12-6-2-7-13-18)22(16-17-10-4-1-5-11-17)21(24)19-14-8-3-9-15-19/h1-15H,16H2. The molecule has 3 heteroatoms. The van der Waals surface area contributed by atoms with Gasteiger partial charge in [0.2, 0.25) is 0 Å². The van der Waals surface area contributed by atoms with Crippen LogP contribution in [-0.2, 0) is 6.54 Å². The summed E-state index contributed by atoms with van der Waals surface area (Å²) in [6, 6.07) is 27.3. The molecule has 0 bridgehead atoms. The van der Waals surface area contributed by atoms with E-state index in [0.29, 0.717) is 11.1 Å². The van der Waals surface area contributed by atoms with Crippen molar-refractivity contribution in [2.75, 3.05) is 0 Å². The fourth-order valence-electron chi connectivity index (χ4n) is 2.47. The summed E-state index contributed by atoms with van der Waals surface area (Å²) in [7, 11) is 0. The molecule has 3 aromatic carbocycles. The molecule has 0 aliphatic carbocycles. The fraction of sp³-hybridized carbons (Fsp3) is 0.0476. The number of imide groups is 1. The number of carbonyl (C=O) groups is 2. The Morgan fingerprint density at radius 3 is 1.38 bits per heavy atom. The van der Waals surface area contributed by atoms with Crippen LogP contribution in [0.5, 0.6) is 0 Å². The lowest BCUT2D eigenvalue weighted by Gasteiger charge is -2.21. The Morgan fingerprint density at radius 2 is 0.958 bits per heavy atom. The van der Waals surface area contributed by atoms with Gasteiger partial charge in [0.15, 0.2) is 0 Å². The molecule has 2 amide bonds. The molecule has 0 fully saturated rings. The molecular formula is C21H17NO2. The molecule has 3 aromatic rings. The lowest BCUT2D eigenvalue weighted by molar-refractivity contribution is 0.0604. The average Bonchev–Trinajstić information content (AvgIpc) is 2.67. The molecular weight excluding hydrogens is 298 g/mol. The molecule has 0 spiro atoms. The van der Waals surface area contributed by atoms with Crippen molar-refractivity contribution >= 4 is 11.8 Å². The highest BCUT2D eigenvalue weighted by molar-refractivity contribution is 6.10. The van der Waals surface area contributed by atoms with Gasteiger partial charge in [-0.1, -0.05) is 66.7 Å². The summed E-state index contributed by atoms with van der Waals surface area (Å²) in [4.78, 5) is 27.0. The predicted molar refractivity (Wildman–Crippen MR) is 93.5 cm³/mol. The fourth-order valence-corrected chi connectivity index (χ4v) is 2.47. The normalized spacial score (nSPS) is 10.2. The highest BCUT2D eigenvalue weighted by Gasteiger charge is 2.24. The molecule has 0 aliphatic heterocycles. The monoisotopic (exact) mass is 315 g/mol. The van der Waals surface area contributed by atoms with Crippen LogP contribution in [0.15, 0.2) is 91.0 Å². The van der Waals surface area contributed by atoms with E-state index in [1.165, 1.54) is 4.90 Å². The van der Waals surface area contributed by atoms with Gasteiger partial charge in [-0.15, -0.1) is 0 Å². The molecule has 3 nitrogen and oxygen atoms in total. The third-order valence-electron chi connectivity index (χ3n) is 3.72. The lowest BCUT2D eigenvalue weighted by Crippen LogP contribution is -2.36. The van der Waals surface area contributed by atoms with Crippen molar-refractivity contribution in [1.82, 2.24) is 4.90 Å². The van der Waals surface area contributed by atoms with Gasteiger partial charge in [0.05, 0.1) is 6.54 Å². The third-order valence-corrected chi connectivity index (χ3v) is 3.72. The molecule has 0 unspecified atom stereocenters. The Labute approximate surface area is 141 Å². The van der Waals surface area contributed by atoms with Crippen molar-refractivity contribution in [3.8, 4) is 0 Å². The van der Waals surface area contributed by atoms with Crippen molar-refractivity contribution in [2.45, 2.75) is 6.54 Å². The van der Waals surface area contributed by atoms with E-state index in [1.807, 2.05) is 42.5 Å². The van der Waals surface area contributed by atoms with Crippen LogP contribution in [0.25, 0.3) is 0 Å². The molecule has 0 aliphatic rings. The van der Waals surface area contributed by atoms with Crippen LogP contribution in [0.3, 0.4) is 0 Å². The second-order valence-corrected chi connectivity index (χ2v) is 5.41. The first-order chi connectivity index (χ1) is 11.8. The Morgan fingerprint density at radius 1 is 0.583 bits per heavy atom. The van der Waals surface area contributed by atoms with Crippen molar-refractivity contribution in [3.05, 3.63) is 108 Å². The van der Waals surface area contributed by atoms with Crippen molar-refractivity contribution < 1.29 is 9.59 Å². The van der Waals surface area contributed by atoms with E-state index in [9.17, 15) is 9.59 Å². The average molecular weight is 315 g/mol. The predicted octanol–water partition coefficient (Wildman–Crippen LogP) is 4.17. The lowest BCUT2D eigenvalue weighted by atomic mass is 10.1. The Hall–Kier alpha value is -3.20. The zero-order valence-corrected chi connectivity index (χ0v) is 13.1. The summed E-state index contributed by atoms with van der Waals surface area (Å²) < 4.78 is 0. The van der Waals surface area contributed by atoms with Crippen LogP contribution in [0.4, 0.5) is 0 Å². The number of nitrogens with zero attached hydrogens (tertiary/aromatic N) is 1. The van der Waals surface area contributed by atoms with E-state index in [0.717, 1.165) is 5.56 Å². The van der Waals surface area contributed by atoms with Gasteiger partial charge in [0.25, 0.3) is 11.8 Å². The highest BCUT2D eigenvalue weighted by Crippen LogP contribution is 2.14. The van der Waals surface area contributed by atoms with Crippen molar-refractivity contribution in [2.24, 2.45) is 0 Å². The first-order valence-electron chi connectivity index (χ1n) is 7.76. The topological polar surface area (TPSA) is 37.4 Å². The van der Waals surface area contributed by atoms with E-state index in [2.05, 4.69) is 0 Å². The molecule has 0 radical (unpaired) electrons. The second-order valence-electron chi connectivity index (χ2n) is 5.41. The maximum absolute atomic E-state index is 12.9. The van der Waals surface area contributed by atoms with Crippen LogP contribution in [0.2, 0.25) is 0 Å². The van der Waals surface area contributed by atoms with Gasteiger partial charge in [-0.2, -0.15) is 0 Å². The molecule has 0 atom stereocenters. The van der Waals surface area contributed by atoms with Gasteiger partial charge in [0.1, 0.15) is 0 Å². The molecule has 0 saturated carbocycles. The van der Waals surface area contributed by atoms with E-state index in [-0.39, 0.29) is 18.4 Å². The van der Waals surface area contributed by atoms with E-state index in [4.69, 9.17) is 0 Å². The highest BCUT2D eigenvalue weighted by atomic mass is 16.2. The quantitative estimate of drug-likeness (QED) is 0.678. The summed E-state index contributed by atoms with van der Waals surface area (Å²) in [5, 5.41) is 0. The maximum Gasteiger partial charge on any atom is 0.261 e. The molecule has 118 valence electrons. The summed E-state index contributed by atoms with van der Waals surface area (Å²) in [6.07, 6.45) is 0. The van der Waals surface area contributed by atoms with Crippen molar-refractivity contribution in [3.63, 3.8) is 0 Å². The Balaban J connectivity index is 1.94. The van der Waals surface area contributed by atoms with Crippen LogP contribution in [-0.4, -0.2) is 16.7 Å². The van der Waals surface area contributed by atoms with Gasteiger partial charge < -0.3 is 0 Å². The van der Waals surface area contributed by atoms with Gasteiger partial charge >= 0.3 is 0 Å². The smallest absolute Gasteiger partial charge is 0.261 e. The first kappa shape index (κ1) is 15.7. The largest absolute Gasteiger partial charge is 0.270 e. The molecule has 24 heavy (non-hydrogen) atoms. The van der Waals surface area contributed by atoms with Crippen LogP contribution >= 0.6 is 0 Å². The molecule has 0 N–H and O–H groups in total. The Bertz CT molecular complexity index is 763. The second kappa shape index (κ2) is 7.38. The first-order valence-corrected chi connectivity index (χ1v) is 7.76. The summed E-state index contributed by atoms with van der Waals surface area (Å²) >= 11 is 0. The third kappa shape index (κ3) is 3.58. The minimum atomic E-state index is -0.298. The van der Waals surface area contributed by atoms with Gasteiger partial charge in [-0.25, -0.2) is 0 Å². The number of rotatable bonds is 4. The van der Waals surface area contributed by atoms with Crippen LogP contribution < -0.4 is 0 Å². The van der Waals surface area contributed by atoms with E-state index < -0.39 is 0 Å². The molecule has 0 heterocycles. The minimum absolute atomic E-state index is 0.238. The summed E-state index contributed by atoms with van der Waals surface area (Å²) in [6.45, 7) is 0.238. The molecule has 3 rings (SSSR count). The van der Waals surface area contributed by atoms with Crippen LogP contribution in [0, 0.1) is 0 Å². The zero-order chi connectivity index (χ0) is 16.8. The zero-order valence-electron chi connectivity index (χ0n) is 13.1. The minimum Gasteiger partial charge on any atom is -0.270 e. The summed E-state index contributed by atoms with van der Waals surface area (Å²) in [5.41, 5.74) is 1.90. The molecule has 0 aromatic heterocycles.